The SMILES string of the molecule is Nc1ncccc1CC(O)c1ccc(C2CC2)cc1. The fourth-order valence-corrected chi connectivity index (χ4v) is 2.36. The van der Waals surface area contributed by atoms with E-state index in [0.29, 0.717) is 12.2 Å². The molecule has 0 radical (unpaired) electrons. The smallest absolute Gasteiger partial charge is 0.126 e. The molecule has 98 valence electrons. The van der Waals surface area contributed by atoms with Crippen LogP contribution in [-0.2, 0) is 6.42 Å². The Balaban J connectivity index is 1.72. The lowest BCUT2D eigenvalue weighted by molar-refractivity contribution is 0.178. The van der Waals surface area contributed by atoms with E-state index in [9.17, 15) is 5.11 Å². The molecule has 3 rings (SSSR count). The van der Waals surface area contributed by atoms with Crippen LogP contribution < -0.4 is 5.73 Å². The van der Waals surface area contributed by atoms with E-state index in [-0.39, 0.29) is 0 Å². The number of anilines is 1. The minimum atomic E-state index is -0.528. The lowest BCUT2D eigenvalue weighted by atomic mass is 10.00. The number of benzene rings is 1. The van der Waals surface area contributed by atoms with E-state index in [1.807, 2.05) is 24.3 Å². The monoisotopic (exact) mass is 254 g/mol. The summed E-state index contributed by atoms with van der Waals surface area (Å²) in [4.78, 5) is 4.04. The zero-order valence-corrected chi connectivity index (χ0v) is 10.8. The molecule has 0 amide bonds. The van der Waals surface area contributed by atoms with Gasteiger partial charge in [0.25, 0.3) is 0 Å². The Hall–Kier alpha value is -1.87. The van der Waals surface area contributed by atoms with Crippen LogP contribution in [0, 0.1) is 0 Å². The molecule has 0 spiro atoms. The maximum Gasteiger partial charge on any atom is 0.126 e. The molecule has 1 aromatic carbocycles. The molecular formula is C16H18N2O. The lowest BCUT2D eigenvalue weighted by Crippen LogP contribution is -2.05. The summed E-state index contributed by atoms with van der Waals surface area (Å²) in [6, 6.07) is 12.0. The Labute approximate surface area is 113 Å². The molecule has 3 heteroatoms. The van der Waals surface area contributed by atoms with Gasteiger partial charge in [0, 0.05) is 12.6 Å². The number of hydrogen-bond donors (Lipinski definition) is 2. The van der Waals surface area contributed by atoms with Crippen molar-refractivity contribution in [1.82, 2.24) is 4.98 Å². The number of aromatic nitrogens is 1. The van der Waals surface area contributed by atoms with Gasteiger partial charge in [-0.1, -0.05) is 30.3 Å². The van der Waals surface area contributed by atoms with Gasteiger partial charge in [0.1, 0.15) is 5.82 Å². The molecule has 1 atom stereocenters. The summed E-state index contributed by atoms with van der Waals surface area (Å²) in [6.07, 6.45) is 4.24. The van der Waals surface area contributed by atoms with E-state index in [4.69, 9.17) is 5.73 Å². The van der Waals surface area contributed by atoms with Crippen LogP contribution in [0.25, 0.3) is 0 Å². The average molecular weight is 254 g/mol. The number of nitrogens with zero attached hydrogens (tertiary/aromatic N) is 1. The second-order valence-electron chi connectivity index (χ2n) is 5.21. The highest BCUT2D eigenvalue weighted by Gasteiger charge is 2.23. The van der Waals surface area contributed by atoms with Crippen LogP contribution >= 0.6 is 0 Å². The molecule has 1 aliphatic rings. The van der Waals surface area contributed by atoms with Crippen molar-refractivity contribution in [3.63, 3.8) is 0 Å². The van der Waals surface area contributed by atoms with E-state index in [2.05, 4.69) is 17.1 Å². The van der Waals surface area contributed by atoms with Crippen molar-refractivity contribution in [2.75, 3.05) is 5.73 Å². The van der Waals surface area contributed by atoms with E-state index >= 15 is 0 Å². The normalized spacial score (nSPS) is 16.3. The minimum Gasteiger partial charge on any atom is -0.388 e. The summed E-state index contributed by atoms with van der Waals surface area (Å²) in [5.74, 6) is 1.25. The maximum atomic E-state index is 10.3. The van der Waals surface area contributed by atoms with Crippen molar-refractivity contribution >= 4 is 5.82 Å². The molecule has 1 fully saturated rings. The first-order valence-electron chi connectivity index (χ1n) is 6.71. The molecule has 0 aliphatic heterocycles. The summed E-state index contributed by atoms with van der Waals surface area (Å²) in [6.45, 7) is 0. The van der Waals surface area contributed by atoms with Gasteiger partial charge in [-0.3, -0.25) is 0 Å². The standard InChI is InChI=1S/C16H18N2O/c17-16-14(2-1-9-18-16)10-15(19)13-7-5-12(6-8-13)11-3-4-11/h1-2,5-9,11,15,19H,3-4,10H2,(H2,17,18). The molecule has 1 aliphatic carbocycles. The van der Waals surface area contributed by atoms with Gasteiger partial charge < -0.3 is 10.8 Å². The molecule has 0 saturated heterocycles. The van der Waals surface area contributed by atoms with Gasteiger partial charge in [0.2, 0.25) is 0 Å². The van der Waals surface area contributed by atoms with E-state index in [1.54, 1.807) is 6.20 Å². The van der Waals surface area contributed by atoms with Gasteiger partial charge in [-0.2, -0.15) is 0 Å². The van der Waals surface area contributed by atoms with Crippen LogP contribution in [0.4, 0.5) is 5.82 Å². The zero-order chi connectivity index (χ0) is 13.2. The average Bonchev–Trinajstić information content (AvgIpc) is 3.26. The van der Waals surface area contributed by atoms with Crippen LogP contribution in [-0.4, -0.2) is 10.1 Å². The van der Waals surface area contributed by atoms with Crippen LogP contribution in [0.5, 0.6) is 0 Å². The van der Waals surface area contributed by atoms with Crippen LogP contribution in [0.2, 0.25) is 0 Å². The van der Waals surface area contributed by atoms with Crippen molar-refractivity contribution < 1.29 is 5.11 Å². The summed E-state index contributed by atoms with van der Waals surface area (Å²) in [5, 5.41) is 10.3. The highest BCUT2D eigenvalue weighted by atomic mass is 16.3. The summed E-state index contributed by atoms with van der Waals surface area (Å²) in [7, 11) is 0. The molecule has 1 saturated carbocycles. The molecule has 19 heavy (non-hydrogen) atoms. The lowest BCUT2D eigenvalue weighted by Gasteiger charge is -2.12. The van der Waals surface area contributed by atoms with Crippen LogP contribution in [0.3, 0.4) is 0 Å². The van der Waals surface area contributed by atoms with Crippen molar-refractivity contribution in [3.05, 3.63) is 59.3 Å². The number of hydrogen-bond acceptors (Lipinski definition) is 3. The van der Waals surface area contributed by atoms with E-state index < -0.39 is 6.10 Å². The first kappa shape index (κ1) is 12.2. The van der Waals surface area contributed by atoms with E-state index in [1.165, 1.54) is 18.4 Å². The van der Waals surface area contributed by atoms with Crippen LogP contribution in [0.15, 0.2) is 42.6 Å². The Morgan fingerprint density at radius 2 is 1.95 bits per heavy atom. The number of rotatable bonds is 4. The third-order valence-electron chi connectivity index (χ3n) is 3.71. The Kier molecular flexibility index (Phi) is 3.22. The van der Waals surface area contributed by atoms with Crippen molar-refractivity contribution in [2.45, 2.75) is 31.3 Å². The summed E-state index contributed by atoms with van der Waals surface area (Å²) in [5.41, 5.74) is 9.01. The number of nitrogen functional groups attached to an aromatic ring is 1. The van der Waals surface area contributed by atoms with Gasteiger partial charge in [-0.15, -0.1) is 0 Å². The molecule has 3 N–H and O–H groups in total. The molecule has 1 unspecified atom stereocenters. The predicted molar refractivity (Wildman–Crippen MR) is 75.7 cm³/mol. The van der Waals surface area contributed by atoms with Crippen molar-refractivity contribution in [3.8, 4) is 0 Å². The maximum absolute atomic E-state index is 10.3. The molecule has 3 nitrogen and oxygen atoms in total. The minimum absolute atomic E-state index is 0.496. The molecule has 2 aromatic rings. The molecule has 0 bridgehead atoms. The first-order valence-corrected chi connectivity index (χ1v) is 6.71. The Morgan fingerprint density at radius 3 is 2.58 bits per heavy atom. The topological polar surface area (TPSA) is 59.1 Å². The fraction of sp³-hybridized carbons (Fsp3) is 0.312. The number of aliphatic hydroxyl groups excluding tert-OH is 1. The molecular weight excluding hydrogens is 236 g/mol. The Morgan fingerprint density at radius 1 is 1.21 bits per heavy atom. The quantitative estimate of drug-likeness (QED) is 0.882. The molecule has 1 heterocycles. The van der Waals surface area contributed by atoms with E-state index in [0.717, 1.165) is 17.0 Å². The third kappa shape index (κ3) is 2.76. The Bertz CT molecular complexity index is 561. The van der Waals surface area contributed by atoms with Crippen LogP contribution in [0.1, 0.15) is 41.6 Å². The summed E-state index contributed by atoms with van der Waals surface area (Å²) < 4.78 is 0. The number of pyridine rings is 1. The zero-order valence-electron chi connectivity index (χ0n) is 10.8. The highest BCUT2D eigenvalue weighted by molar-refractivity contribution is 5.39. The second kappa shape index (κ2) is 5.02. The largest absolute Gasteiger partial charge is 0.388 e. The highest BCUT2D eigenvalue weighted by Crippen LogP contribution is 2.40. The van der Waals surface area contributed by atoms with Gasteiger partial charge in [-0.05, 0) is 41.5 Å². The van der Waals surface area contributed by atoms with Gasteiger partial charge in [-0.25, -0.2) is 4.98 Å². The van der Waals surface area contributed by atoms with Gasteiger partial charge in [0.05, 0.1) is 6.10 Å². The van der Waals surface area contributed by atoms with Crippen molar-refractivity contribution in [1.29, 1.82) is 0 Å². The van der Waals surface area contributed by atoms with Gasteiger partial charge in [0.15, 0.2) is 0 Å². The number of aliphatic hydroxyl groups is 1. The first-order chi connectivity index (χ1) is 9.24. The van der Waals surface area contributed by atoms with Gasteiger partial charge >= 0.3 is 0 Å². The third-order valence-corrected chi connectivity index (χ3v) is 3.71. The second-order valence-corrected chi connectivity index (χ2v) is 5.21. The van der Waals surface area contributed by atoms with Crippen molar-refractivity contribution in [2.24, 2.45) is 0 Å². The number of nitrogens with two attached hydrogens (primary N) is 1. The molecule has 1 aromatic heterocycles. The fourth-order valence-electron chi connectivity index (χ4n) is 2.36. The summed E-state index contributed by atoms with van der Waals surface area (Å²) >= 11 is 0. The predicted octanol–water partition coefficient (Wildman–Crippen LogP) is 2.82.